The second-order valence-corrected chi connectivity index (χ2v) is 4.88. The van der Waals surface area contributed by atoms with Crippen molar-refractivity contribution in [3.63, 3.8) is 0 Å². The molecule has 0 radical (unpaired) electrons. The van der Waals surface area contributed by atoms with Gasteiger partial charge in [-0.05, 0) is 37.3 Å². The summed E-state index contributed by atoms with van der Waals surface area (Å²) in [6.45, 7) is 1.51. The second-order valence-electron chi connectivity index (χ2n) is 4.45. The molecule has 0 aromatic heterocycles. The van der Waals surface area contributed by atoms with E-state index in [0.29, 0.717) is 27.6 Å². The Bertz CT molecular complexity index is 671. The van der Waals surface area contributed by atoms with E-state index in [-0.39, 0.29) is 12.4 Å². The van der Waals surface area contributed by atoms with Crippen molar-refractivity contribution in [2.75, 3.05) is 7.11 Å². The van der Waals surface area contributed by atoms with Crippen molar-refractivity contribution in [3.8, 4) is 11.5 Å². The minimum Gasteiger partial charge on any atom is -0.493 e. The molecule has 3 nitrogen and oxygen atoms in total. The highest BCUT2D eigenvalue weighted by Gasteiger charge is 2.10. The van der Waals surface area contributed by atoms with E-state index in [2.05, 4.69) is 0 Å². The Morgan fingerprint density at radius 3 is 2.57 bits per heavy atom. The molecule has 0 unspecified atom stereocenters. The number of Topliss-reactive ketones (excluding diaryl/α,β-unsaturated/α-hetero) is 1. The zero-order chi connectivity index (χ0) is 15.4. The number of carbonyl (C=O) groups excluding carboxylic acids is 1. The standard InChI is InChI=1S/C16H14ClFO3/c1-10(19)11-4-6-15(16(7-11)20-2)21-9-12-3-5-13(17)8-14(12)18/h3-8H,9H2,1-2H3. The summed E-state index contributed by atoms with van der Waals surface area (Å²) in [5.74, 6) is 0.374. The Morgan fingerprint density at radius 1 is 1.19 bits per heavy atom. The molecule has 0 aliphatic rings. The lowest BCUT2D eigenvalue weighted by atomic mass is 10.1. The van der Waals surface area contributed by atoms with Gasteiger partial charge in [-0.1, -0.05) is 17.7 Å². The molecule has 2 rings (SSSR count). The molecule has 0 bridgehead atoms. The van der Waals surface area contributed by atoms with Crippen molar-refractivity contribution in [3.05, 3.63) is 58.4 Å². The van der Waals surface area contributed by atoms with Crippen molar-refractivity contribution in [1.82, 2.24) is 0 Å². The van der Waals surface area contributed by atoms with Gasteiger partial charge in [0.25, 0.3) is 0 Å². The second kappa shape index (κ2) is 6.59. The molecule has 0 N–H and O–H groups in total. The molecule has 0 heterocycles. The maximum absolute atomic E-state index is 13.7. The fraction of sp³-hybridized carbons (Fsp3) is 0.188. The highest BCUT2D eigenvalue weighted by atomic mass is 35.5. The summed E-state index contributed by atoms with van der Waals surface area (Å²) in [7, 11) is 1.48. The molecule has 0 saturated heterocycles. The van der Waals surface area contributed by atoms with Crippen LogP contribution in [0, 0.1) is 5.82 Å². The van der Waals surface area contributed by atoms with Gasteiger partial charge >= 0.3 is 0 Å². The Hall–Kier alpha value is -2.07. The maximum Gasteiger partial charge on any atom is 0.161 e. The average molecular weight is 309 g/mol. The molecular weight excluding hydrogens is 295 g/mol. The predicted molar refractivity (Wildman–Crippen MR) is 78.7 cm³/mol. The molecule has 0 amide bonds. The van der Waals surface area contributed by atoms with Gasteiger partial charge in [0.1, 0.15) is 12.4 Å². The van der Waals surface area contributed by atoms with Crippen molar-refractivity contribution in [2.24, 2.45) is 0 Å². The highest BCUT2D eigenvalue weighted by molar-refractivity contribution is 6.30. The first kappa shape index (κ1) is 15.3. The number of hydrogen-bond acceptors (Lipinski definition) is 3. The van der Waals surface area contributed by atoms with Gasteiger partial charge in [0.2, 0.25) is 0 Å². The Labute approximate surface area is 127 Å². The summed E-state index contributed by atoms with van der Waals surface area (Å²) in [4.78, 5) is 11.3. The predicted octanol–water partition coefficient (Wildman–Crippen LogP) is 4.27. The number of halogens is 2. The fourth-order valence-electron chi connectivity index (χ4n) is 1.80. The molecule has 0 spiro atoms. The summed E-state index contributed by atoms with van der Waals surface area (Å²) in [6, 6.07) is 9.25. The molecule has 5 heteroatoms. The van der Waals surface area contributed by atoms with Crippen LogP contribution in [0.25, 0.3) is 0 Å². The first-order valence-corrected chi connectivity index (χ1v) is 6.64. The average Bonchev–Trinajstić information content (AvgIpc) is 2.46. The lowest BCUT2D eigenvalue weighted by Crippen LogP contribution is -2.01. The SMILES string of the molecule is COc1cc(C(C)=O)ccc1OCc1ccc(Cl)cc1F. The van der Waals surface area contributed by atoms with Crippen molar-refractivity contribution < 1.29 is 18.7 Å². The van der Waals surface area contributed by atoms with Crippen LogP contribution in [0.5, 0.6) is 11.5 Å². The van der Waals surface area contributed by atoms with Crippen LogP contribution in [0.4, 0.5) is 4.39 Å². The van der Waals surface area contributed by atoms with E-state index in [1.54, 1.807) is 30.3 Å². The first-order chi connectivity index (χ1) is 10.0. The van der Waals surface area contributed by atoms with Crippen molar-refractivity contribution in [2.45, 2.75) is 13.5 Å². The monoisotopic (exact) mass is 308 g/mol. The number of rotatable bonds is 5. The Balaban J connectivity index is 2.17. The Morgan fingerprint density at radius 2 is 1.95 bits per heavy atom. The van der Waals surface area contributed by atoms with E-state index in [4.69, 9.17) is 21.1 Å². The van der Waals surface area contributed by atoms with Crippen LogP contribution in [0.2, 0.25) is 5.02 Å². The van der Waals surface area contributed by atoms with E-state index in [0.717, 1.165) is 0 Å². The molecule has 2 aromatic rings. The molecule has 0 aliphatic carbocycles. The molecule has 0 fully saturated rings. The third kappa shape index (κ3) is 3.73. The lowest BCUT2D eigenvalue weighted by molar-refractivity contribution is 0.101. The minimum atomic E-state index is -0.429. The summed E-state index contributed by atoms with van der Waals surface area (Å²) < 4.78 is 24.4. The van der Waals surface area contributed by atoms with Crippen LogP contribution in [0.15, 0.2) is 36.4 Å². The number of hydrogen-bond donors (Lipinski definition) is 0. The number of benzene rings is 2. The third-order valence-corrected chi connectivity index (χ3v) is 3.20. The summed E-state index contributed by atoms with van der Waals surface area (Å²) in [5.41, 5.74) is 0.911. The van der Waals surface area contributed by atoms with Crippen molar-refractivity contribution in [1.29, 1.82) is 0 Å². The summed E-state index contributed by atoms with van der Waals surface area (Å²) in [5, 5.41) is 0.333. The fourth-order valence-corrected chi connectivity index (χ4v) is 1.96. The van der Waals surface area contributed by atoms with Gasteiger partial charge in [0.05, 0.1) is 7.11 Å². The Kier molecular flexibility index (Phi) is 4.81. The third-order valence-electron chi connectivity index (χ3n) is 2.97. The molecule has 0 aliphatic heterocycles. The van der Waals surface area contributed by atoms with Crippen LogP contribution in [0.1, 0.15) is 22.8 Å². The van der Waals surface area contributed by atoms with Gasteiger partial charge in [0, 0.05) is 16.1 Å². The molecule has 0 saturated carbocycles. The van der Waals surface area contributed by atoms with Gasteiger partial charge in [-0.2, -0.15) is 0 Å². The van der Waals surface area contributed by atoms with Crippen LogP contribution in [-0.4, -0.2) is 12.9 Å². The zero-order valence-corrected chi connectivity index (χ0v) is 12.4. The summed E-state index contributed by atoms with van der Waals surface area (Å²) >= 11 is 5.70. The first-order valence-electron chi connectivity index (χ1n) is 6.27. The van der Waals surface area contributed by atoms with E-state index in [9.17, 15) is 9.18 Å². The molecule has 21 heavy (non-hydrogen) atoms. The van der Waals surface area contributed by atoms with Gasteiger partial charge in [-0.3, -0.25) is 4.79 Å². The van der Waals surface area contributed by atoms with Crippen LogP contribution in [0.3, 0.4) is 0 Å². The van der Waals surface area contributed by atoms with Gasteiger partial charge in [-0.25, -0.2) is 4.39 Å². The maximum atomic E-state index is 13.7. The van der Waals surface area contributed by atoms with E-state index in [1.807, 2.05) is 0 Å². The number of carbonyl (C=O) groups is 1. The van der Waals surface area contributed by atoms with E-state index >= 15 is 0 Å². The smallest absolute Gasteiger partial charge is 0.161 e. The zero-order valence-electron chi connectivity index (χ0n) is 11.7. The normalized spacial score (nSPS) is 10.3. The molecule has 110 valence electrons. The quantitative estimate of drug-likeness (QED) is 0.774. The molecular formula is C16H14ClFO3. The minimum absolute atomic E-state index is 0.0405. The van der Waals surface area contributed by atoms with E-state index < -0.39 is 5.82 Å². The van der Waals surface area contributed by atoms with Gasteiger partial charge in [0.15, 0.2) is 17.3 Å². The number of methoxy groups -OCH3 is 1. The number of ether oxygens (including phenoxy) is 2. The molecule has 0 atom stereocenters. The lowest BCUT2D eigenvalue weighted by Gasteiger charge is -2.12. The van der Waals surface area contributed by atoms with Crippen molar-refractivity contribution >= 4 is 17.4 Å². The topological polar surface area (TPSA) is 35.5 Å². The number of ketones is 1. The van der Waals surface area contributed by atoms with E-state index in [1.165, 1.54) is 20.1 Å². The van der Waals surface area contributed by atoms with Crippen LogP contribution >= 0.6 is 11.6 Å². The molecule has 2 aromatic carbocycles. The summed E-state index contributed by atoms with van der Waals surface area (Å²) in [6.07, 6.45) is 0. The van der Waals surface area contributed by atoms with Crippen LogP contribution in [-0.2, 0) is 6.61 Å². The largest absolute Gasteiger partial charge is 0.493 e. The van der Waals surface area contributed by atoms with Crippen LogP contribution < -0.4 is 9.47 Å². The van der Waals surface area contributed by atoms with Gasteiger partial charge < -0.3 is 9.47 Å². The highest BCUT2D eigenvalue weighted by Crippen LogP contribution is 2.29. The van der Waals surface area contributed by atoms with Gasteiger partial charge in [-0.15, -0.1) is 0 Å².